The molecule has 0 fully saturated rings. The van der Waals surface area contributed by atoms with Gasteiger partial charge in [-0.2, -0.15) is 5.10 Å². The first kappa shape index (κ1) is 17.3. The molecular weight excluding hydrogens is 369 g/mol. The Morgan fingerprint density at radius 3 is 2.65 bits per heavy atom. The first-order valence-corrected chi connectivity index (χ1v) is 9.38. The number of hydrogen-bond acceptors (Lipinski definition) is 3. The maximum atomic E-state index is 6.46. The highest BCUT2D eigenvalue weighted by molar-refractivity contribution is 6.35. The van der Waals surface area contributed by atoms with Crippen LogP contribution in [0.2, 0.25) is 10.0 Å². The Balaban J connectivity index is 1.90. The molecule has 2 aromatic carbocycles. The van der Waals surface area contributed by atoms with Crippen molar-refractivity contribution in [3.8, 4) is 22.7 Å². The molecule has 0 unspecified atom stereocenters. The van der Waals surface area contributed by atoms with E-state index in [1.807, 2.05) is 41.1 Å². The standard InChI is InChI=1S/C20H19Cl2N3O/c1-26-15-8-6-14(7-9-15)25-20-16(4-2-3-11-23-20)19(24-25)17-12-13(21)5-10-18(17)22/h5-10,12,23H,2-4,11H2,1H3. The van der Waals surface area contributed by atoms with Crippen LogP contribution in [0.15, 0.2) is 42.5 Å². The number of nitrogens with zero attached hydrogens (tertiary/aromatic N) is 2. The molecule has 0 atom stereocenters. The van der Waals surface area contributed by atoms with E-state index in [1.54, 1.807) is 13.2 Å². The van der Waals surface area contributed by atoms with Gasteiger partial charge in [-0.3, -0.25) is 0 Å². The minimum Gasteiger partial charge on any atom is -0.497 e. The monoisotopic (exact) mass is 387 g/mol. The molecule has 1 aliphatic rings. The van der Waals surface area contributed by atoms with Gasteiger partial charge in [-0.25, -0.2) is 4.68 Å². The topological polar surface area (TPSA) is 39.1 Å². The number of fused-ring (bicyclic) bond motifs is 1. The van der Waals surface area contributed by atoms with Crippen molar-refractivity contribution in [2.45, 2.75) is 19.3 Å². The molecular formula is C20H19Cl2N3O. The summed E-state index contributed by atoms with van der Waals surface area (Å²) in [7, 11) is 1.66. The van der Waals surface area contributed by atoms with Crippen LogP contribution in [0.25, 0.3) is 16.9 Å². The molecule has 1 N–H and O–H groups in total. The molecule has 0 aliphatic carbocycles. The number of anilines is 1. The van der Waals surface area contributed by atoms with E-state index in [1.165, 1.54) is 5.56 Å². The van der Waals surface area contributed by atoms with Gasteiger partial charge in [0.2, 0.25) is 0 Å². The summed E-state index contributed by atoms with van der Waals surface area (Å²) in [5, 5.41) is 9.75. The lowest BCUT2D eigenvalue weighted by Gasteiger charge is -2.09. The number of methoxy groups -OCH3 is 1. The Labute approximate surface area is 162 Å². The van der Waals surface area contributed by atoms with Crippen LogP contribution in [0.1, 0.15) is 18.4 Å². The molecule has 4 nitrogen and oxygen atoms in total. The van der Waals surface area contributed by atoms with Crippen LogP contribution in [0.3, 0.4) is 0 Å². The van der Waals surface area contributed by atoms with Gasteiger partial charge in [0.1, 0.15) is 11.6 Å². The molecule has 4 rings (SSSR count). The SMILES string of the molecule is COc1ccc(-n2nc(-c3cc(Cl)ccc3Cl)c3c2NCCCC3)cc1. The Morgan fingerprint density at radius 2 is 1.88 bits per heavy atom. The van der Waals surface area contributed by atoms with E-state index in [0.29, 0.717) is 10.0 Å². The van der Waals surface area contributed by atoms with E-state index >= 15 is 0 Å². The normalized spacial score (nSPS) is 13.7. The fraction of sp³-hybridized carbons (Fsp3) is 0.250. The van der Waals surface area contributed by atoms with Crippen molar-refractivity contribution in [3.05, 3.63) is 58.1 Å². The first-order valence-electron chi connectivity index (χ1n) is 8.63. The maximum absolute atomic E-state index is 6.46. The van der Waals surface area contributed by atoms with Crippen molar-refractivity contribution in [1.29, 1.82) is 0 Å². The van der Waals surface area contributed by atoms with E-state index in [0.717, 1.165) is 54.3 Å². The van der Waals surface area contributed by atoms with Gasteiger partial charge < -0.3 is 10.1 Å². The zero-order valence-electron chi connectivity index (χ0n) is 14.4. The Morgan fingerprint density at radius 1 is 1.08 bits per heavy atom. The fourth-order valence-corrected chi connectivity index (χ4v) is 3.69. The van der Waals surface area contributed by atoms with Gasteiger partial charge in [-0.15, -0.1) is 0 Å². The highest BCUT2D eigenvalue weighted by atomic mass is 35.5. The molecule has 0 amide bonds. The fourth-order valence-electron chi connectivity index (χ4n) is 3.31. The second-order valence-corrected chi connectivity index (χ2v) is 7.14. The van der Waals surface area contributed by atoms with Gasteiger partial charge in [-0.1, -0.05) is 23.2 Å². The average molecular weight is 388 g/mol. The highest BCUT2D eigenvalue weighted by Gasteiger charge is 2.23. The summed E-state index contributed by atoms with van der Waals surface area (Å²) in [5.41, 5.74) is 3.91. The molecule has 0 radical (unpaired) electrons. The number of nitrogens with one attached hydrogen (secondary N) is 1. The average Bonchev–Trinajstić information content (AvgIpc) is 2.85. The molecule has 0 spiro atoms. The van der Waals surface area contributed by atoms with Gasteiger partial charge in [0.25, 0.3) is 0 Å². The summed E-state index contributed by atoms with van der Waals surface area (Å²) in [4.78, 5) is 0. The zero-order valence-corrected chi connectivity index (χ0v) is 15.9. The third-order valence-corrected chi connectivity index (χ3v) is 5.19. The lowest BCUT2D eigenvalue weighted by atomic mass is 10.0. The van der Waals surface area contributed by atoms with E-state index in [4.69, 9.17) is 33.0 Å². The summed E-state index contributed by atoms with van der Waals surface area (Å²) in [6.45, 7) is 0.928. The van der Waals surface area contributed by atoms with Crippen LogP contribution >= 0.6 is 23.2 Å². The predicted octanol–water partition coefficient (Wildman–Crippen LogP) is 5.60. The van der Waals surface area contributed by atoms with Gasteiger partial charge >= 0.3 is 0 Å². The molecule has 1 aliphatic heterocycles. The summed E-state index contributed by atoms with van der Waals surface area (Å²) in [6.07, 6.45) is 3.19. The van der Waals surface area contributed by atoms with Crippen LogP contribution in [-0.2, 0) is 6.42 Å². The number of benzene rings is 2. The number of hydrogen-bond donors (Lipinski definition) is 1. The van der Waals surface area contributed by atoms with Crippen molar-refractivity contribution < 1.29 is 4.74 Å². The maximum Gasteiger partial charge on any atom is 0.133 e. The van der Waals surface area contributed by atoms with Gasteiger partial charge in [0.05, 0.1) is 23.5 Å². The van der Waals surface area contributed by atoms with Crippen LogP contribution in [-0.4, -0.2) is 23.4 Å². The smallest absolute Gasteiger partial charge is 0.133 e. The number of aromatic nitrogens is 2. The molecule has 2 heterocycles. The number of halogens is 2. The van der Waals surface area contributed by atoms with Crippen LogP contribution in [0.4, 0.5) is 5.82 Å². The summed E-state index contributed by atoms with van der Waals surface area (Å²) >= 11 is 12.7. The lowest BCUT2D eigenvalue weighted by Crippen LogP contribution is -2.07. The van der Waals surface area contributed by atoms with Crippen molar-refractivity contribution in [2.75, 3.05) is 19.0 Å². The lowest BCUT2D eigenvalue weighted by molar-refractivity contribution is 0.414. The zero-order chi connectivity index (χ0) is 18.1. The predicted molar refractivity (Wildman–Crippen MR) is 107 cm³/mol. The second-order valence-electron chi connectivity index (χ2n) is 6.29. The Hall–Kier alpha value is -2.17. The van der Waals surface area contributed by atoms with Gasteiger partial charge in [0.15, 0.2) is 0 Å². The van der Waals surface area contributed by atoms with E-state index in [9.17, 15) is 0 Å². The Kier molecular flexibility index (Phi) is 4.79. The van der Waals surface area contributed by atoms with Crippen molar-refractivity contribution in [2.24, 2.45) is 0 Å². The molecule has 6 heteroatoms. The summed E-state index contributed by atoms with van der Waals surface area (Å²) in [6, 6.07) is 13.4. The van der Waals surface area contributed by atoms with E-state index < -0.39 is 0 Å². The van der Waals surface area contributed by atoms with Gasteiger partial charge in [0, 0.05) is 22.7 Å². The third kappa shape index (κ3) is 3.15. The van der Waals surface area contributed by atoms with Crippen LogP contribution in [0, 0.1) is 0 Å². The molecule has 0 bridgehead atoms. The van der Waals surface area contributed by atoms with Crippen molar-refractivity contribution in [1.82, 2.24) is 9.78 Å². The molecule has 0 saturated carbocycles. The highest BCUT2D eigenvalue weighted by Crippen LogP contribution is 2.38. The first-order chi connectivity index (χ1) is 12.7. The van der Waals surface area contributed by atoms with Gasteiger partial charge in [-0.05, 0) is 61.7 Å². The Bertz CT molecular complexity index is 935. The molecule has 134 valence electrons. The van der Waals surface area contributed by atoms with Crippen LogP contribution < -0.4 is 10.1 Å². The number of ether oxygens (including phenoxy) is 1. The quantitative estimate of drug-likeness (QED) is 0.635. The van der Waals surface area contributed by atoms with E-state index in [-0.39, 0.29) is 0 Å². The molecule has 26 heavy (non-hydrogen) atoms. The van der Waals surface area contributed by atoms with Crippen molar-refractivity contribution >= 4 is 29.0 Å². The second kappa shape index (κ2) is 7.22. The van der Waals surface area contributed by atoms with Crippen molar-refractivity contribution in [3.63, 3.8) is 0 Å². The number of rotatable bonds is 3. The van der Waals surface area contributed by atoms with E-state index in [2.05, 4.69) is 5.32 Å². The third-order valence-electron chi connectivity index (χ3n) is 4.63. The largest absolute Gasteiger partial charge is 0.497 e. The summed E-state index contributed by atoms with van der Waals surface area (Å²) in [5.74, 6) is 1.84. The molecule has 3 aromatic rings. The summed E-state index contributed by atoms with van der Waals surface area (Å²) < 4.78 is 7.21. The van der Waals surface area contributed by atoms with Crippen LogP contribution in [0.5, 0.6) is 5.75 Å². The minimum absolute atomic E-state index is 0.652. The molecule has 1 aromatic heterocycles. The minimum atomic E-state index is 0.652. The molecule has 0 saturated heterocycles.